The van der Waals surface area contributed by atoms with E-state index in [4.69, 9.17) is 4.84 Å². The monoisotopic (exact) mass is 430 g/mol. The van der Waals surface area contributed by atoms with Crippen molar-refractivity contribution in [1.29, 1.82) is 0 Å². The van der Waals surface area contributed by atoms with Gasteiger partial charge < -0.3 is 15.3 Å². The molecule has 2 aromatic carbocycles. The van der Waals surface area contributed by atoms with Gasteiger partial charge in [-0.25, -0.2) is 9.97 Å². The van der Waals surface area contributed by atoms with Crippen molar-refractivity contribution in [3.63, 3.8) is 0 Å². The molecule has 0 radical (unpaired) electrons. The number of fused-ring (bicyclic) bond motifs is 1. The molecule has 32 heavy (non-hydrogen) atoms. The molecule has 4 aromatic rings. The molecule has 1 aliphatic rings. The number of nitrogens with one attached hydrogen (secondary N) is 2. The summed E-state index contributed by atoms with van der Waals surface area (Å²) < 4.78 is 3.03. The van der Waals surface area contributed by atoms with Crippen LogP contribution in [0.3, 0.4) is 0 Å². The fraction of sp³-hybridized carbons (Fsp3) is 0.0909. The molecule has 10 heteroatoms. The summed E-state index contributed by atoms with van der Waals surface area (Å²) in [5, 5.41) is 12.9. The number of benzene rings is 2. The van der Waals surface area contributed by atoms with Gasteiger partial charge in [-0.15, -0.1) is 0 Å². The third-order valence-electron chi connectivity index (χ3n) is 5.08. The summed E-state index contributed by atoms with van der Waals surface area (Å²) in [5.41, 5.74) is 4.16. The van der Waals surface area contributed by atoms with Crippen LogP contribution in [0.15, 0.2) is 71.4 Å². The van der Waals surface area contributed by atoms with E-state index < -0.39 is 22.9 Å². The molecule has 0 unspecified atom stereocenters. The Labute approximate surface area is 181 Å². The van der Waals surface area contributed by atoms with Crippen molar-refractivity contribution in [3.8, 4) is 23.1 Å². The van der Waals surface area contributed by atoms with Crippen molar-refractivity contribution in [2.45, 2.75) is 0 Å². The van der Waals surface area contributed by atoms with Crippen molar-refractivity contribution in [2.24, 2.45) is 7.05 Å². The van der Waals surface area contributed by atoms with Crippen molar-refractivity contribution < 1.29 is 14.7 Å². The Morgan fingerprint density at radius 2 is 1.84 bits per heavy atom. The fourth-order valence-electron chi connectivity index (χ4n) is 3.52. The Kier molecular flexibility index (Phi) is 4.68. The molecule has 1 aliphatic heterocycles. The molecule has 5 rings (SSSR count). The molecular formula is C22H18N6O4. The lowest BCUT2D eigenvalue weighted by Gasteiger charge is -2.13. The summed E-state index contributed by atoms with van der Waals surface area (Å²) in [4.78, 5) is 39.5. The lowest BCUT2D eigenvalue weighted by molar-refractivity contribution is 0.0957. The van der Waals surface area contributed by atoms with E-state index in [0.717, 1.165) is 11.2 Å². The molecule has 160 valence electrons. The minimum Gasteiger partial charge on any atom is -0.501 e. The molecule has 0 aliphatic carbocycles. The van der Waals surface area contributed by atoms with E-state index in [1.807, 2.05) is 59.2 Å². The number of hydroxylamine groups is 1. The summed E-state index contributed by atoms with van der Waals surface area (Å²) in [6.07, 6.45) is 1.33. The maximum atomic E-state index is 12.8. The number of nitrogens with zero attached hydrogens (tertiary/aromatic N) is 4. The van der Waals surface area contributed by atoms with Crippen LogP contribution in [0.1, 0.15) is 10.5 Å². The number of imidazole rings is 1. The van der Waals surface area contributed by atoms with Gasteiger partial charge in [-0.1, -0.05) is 30.3 Å². The Hall–Kier alpha value is -4.44. The van der Waals surface area contributed by atoms with Crippen LogP contribution >= 0.6 is 0 Å². The minimum absolute atomic E-state index is 0.132. The Bertz CT molecular complexity index is 1440. The lowest BCUT2D eigenvalue weighted by atomic mass is 10.2. The summed E-state index contributed by atoms with van der Waals surface area (Å²) >= 11 is 0. The van der Waals surface area contributed by atoms with E-state index in [1.165, 1.54) is 17.9 Å². The van der Waals surface area contributed by atoms with Gasteiger partial charge in [0.1, 0.15) is 6.26 Å². The molecule has 10 nitrogen and oxygen atoms in total. The first-order chi connectivity index (χ1) is 15.5. The maximum absolute atomic E-state index is 12.8. The van der Waals surface area contributed by atoms with Crippen LogP contribution in [-0.4, -0.2) is 36.7 Å². The molecule has 0 atom stereocenters. The number of carbonyl (C=O) groups is 1. The van der Waals surface area contributed by atoms with Crippen LogP contribution < -0.4 is 16.4 Å². The second kappa shape index (κ2) is 7.67. The van der Waals surface area contributed by atoms with Crippen LogP contribution in [0.2, 0.25) is 0 Å². The van der Waals surface area contributed by atoms with E-state index in [-0.39, 0.29) is 12.4 Å². The van der Waals surface area contributed by atoms with E-state index in [2.05, 4.69) is 20.8 Å². The Morgan fingerprint density at radius 3 is 2.59 bits per heavy atom. The molecule has 0 saturated heterocycles. The molecule has 3 N–H and O–H groups in total. The normalized spacial score (nSPS) is 13.1. The number of hydrogen-bond acceptors (Lipinski definition) is 7. The average molecular weight is 430 g/mol. The highest BCUT2D eigenvalue weighted by molar-refractivity contribution is 5.96. The van der Waals surface area contributed by atoms with Crippen LogP contribution in [-0.2, 0) is 11.9 Å². The number of aromatic hydroxyl groups is 1. The number of carbonyl (C=O) groups excluding carboxylic acids is 1. The zero-order valence-corrected chi connectivity index (χ0v) is 16.9. The van der Waals surface area contributed by atoms with Gasteiger partial charge in [0.25, 0.3) is 11.5 Å². The standard InChI is InChI=1S/C22H18N6O4/c1-27-19(26-17(18(29)22(27)31)21(30)24-13-11-23-32-12-13)20-25-15-9-5-6-10-16(15)28(20)14-7-3-2-4-8-14/h2-10,12,23,29H,11H2,1H3,(H,24,30). The van der Waals surface area contributed by atoms with E-state index >= 15 is 0 Å². The predicted octanol–water partition coefficient (Wildman–Crippen LogP) is 1.60. The van der Waals surface area contributed by atoms with Crippen molar-refractivity contribution in [1.82, 2.24) is 29.9 Å². The third-order valence-corrected chi connectivity index (χ3v) is 5.08. The molecule has 0 saturated carbocycles. The molecule has 0 bridgehead atoms. The highest BCUT2D eigenvalue weighted by Gasteiger charge is 2.25. The topological polar surface area (TPSA) is 123 Å². The van der Waals surface area contributed by atoms with Crippen LogP contribution in [0.5, 0.6) is 5.75 Å². The summed E-state index contributed by atoms with van der Waals surface area (Å²) in [6.45, 7) is 0.272. The van der Waals surface area contributed by atoms with Crippen molar-refractivity contribution >= 4 is 16.9 Å². The largest absolute Gasteiger partial charge is 0.501 e. The van der Waals surface area contributed by atoms with Crippen molar-refractivity contribution in [2.75, 3.05) is 6.54 Å². The molecule has 3 heterocycles. The number of hydrogen-bond donors (Lipinski definition) is 3. The first-order valence-electron chi connectivity index (χ1n) is 9.77. The van der Waals surface area contributed by atoms with Gasteiger partial charge in [0.15, 0.2) is 17.3 Å². The molecule has 1 amide bonds. The zero-order valence-electron chi connectivity index (χ0n) is 16.9. The number of para-hydroxylation sites is 3. The molecule has 2 aromatic heterocycles. The van der Waals surface area contributed by atoms with Gasteiger partial charge in [-0.2, -0.15) is 5.48 Å². The predicted molar refractivity (Wildman–Crippen MR) is 116 cm³/mol. The summed E-state index contributed by atoms with van der Waals surface area (Å²) in [6, 6.07) is 17.0. The van der Waals surface area contributed by atoms with Crippen LogP contribution in [0, 0.1) is 0 Å². The van der Waals surface area contributed by atoms with Gasteiger partial charge in [0, 0.05) is 12.7 Å². The molecule has 0 fully saturated rings. The molecule has 0 spiro atoms. The summed E-state index contributed by atoms with van der Waals surface area (Å²) in [7, 11) is 1.47. The summed E-state index contributed by atoms with van der Waals surface area (Å²) in [5.74, 6) is -0.991. The number of aromatic nitrogens is 4. The first-order valence-corrected chi connectivity index (χ1v) is 9.77. The Morgan fingerprint density at radius 1 is 1.09 bits per heavy atom. The highest BCUT2D eigenvalue weighted by atomic mass is 16.6. The van der Waals surface area contributed by atoms with Crippen molar-refractivity contribution in [3.05, 3.63) is 82.6 Å². The average Bonchev–Trinajstić information content (AvgIpc) is 3.46. The number of amides is 1. The second-order valence-corrected chi connectivity index (χ2v) is 7.13. The van der Waals surface area contributed by atoms with Gasteiger partial charge in [0.2, 0.25) is 5.75 Å². The third kappa shape index (κ3) is 3.19. The van der Waals surface area contributed by atoms with E-state index in [9.17, 15) is 14.7 Å². The quantitative estimate of drug-likeness (QED) is 0.449. The lowest BCUT2D eigenvalue weighted by Crippen LogP contribution is -2.30. The van der Waals surface area contributed by atoms with E-state index in [0.29, 0.717) is 17.0 Å². The van der Waals surface area contributed by atoms with Gasteiger partial charge in [-0.3, -0.25) is 18.7 Å². The minimum atomic E-state index is -0.762. The highest BCUT2D eigenvalue weighted by Crippen LogP contribution is 2.28. The molecular weight excluding hydrogens is 412 g/mol. The smallest absolute Gasteiger partial charge is 0.296 e. The second-order valence-electron chi connectivity index (χ2n) is 7.13. The van der Waals surface area contributed by atoms with Gasteiger partial charge in [-0.05, 0) is 24.3 Å². The van der Waals surface area contributed by atoms with Gasteiger partial charge in [0.05, 0.1) is 23.3 Å². The van der Waals surface area contributed by atoms with Gasteiger partial charge >= 0.3 is 0 Å². The first kappa shape index (κ1) is 19.5. The SMILES string of the molecule is Cn1c(-c2nc3ccccc3n2-c2ccccc2)nc(C(=O)NC2=CONC2)c(O)c1=O. The van der Waals surface area contributed by atoms with E-state index in [1.54, 1.807) is 0 Å². The van der Waals surface area contributed by atoms with Crippen LogP contribution in [0.25, 0.3) is 28.4 Å². The maximum Gasteiger partial charge on any atom is 0.296 e. The van der Waals surface area contributed by atoms with Crippen LogP contribution in [0.4, 0.5) is 0 Å². The Balaban J connectivity index is 1.73. The fourth-order valence-corrected chi connectivity index (χ4v) is 3.52. The zero-order chi connectivity index (χ0) is 22.2. The number of rotatable bonds is 4.